The van der Waals surface area contributed by atoms with Gasteiger partial charge in [-0.15, -0.1) is 0 Å². The molecule has 0 aliphatic heterocycles. The predicted octanol–water partition coefficient (Wildman–Crippen LogP) is 0.914. The number of hydrogen-bond donors (Lipinski definition) is 0. The molecule has 0 unspecified atom stereocenters. The highest BCUT2D eigenvalue weighted by Gasteiger charge is 2.08. The molecule has 1 aromatic heterocycles. The lowest BCUT2D eigenvalue weighted by Gasteiger charge is -2.17. The zero-order chi connectivity index (χ0) is 7.56. The quantitative estimate of drug-likeness (QED) is 0.614. The first-order chi connectivity index (χ1) is 4.72. The monoisotopic (exact) mass is 141 g/mol. The van der Waals surface area contributed by atoms with E-state index in [1.54, 1.807) is 0 Å². The Morgan fingerprint density at radius 1 is 1.60 bits per heavy atom. The molecule has 0 spiro atoms. The van der Waals surface area contributed by atoms with Crippen LogP contribution < -0.4 is 4.90 Å². The van der Waals surface area contributed by atoms with Gasteiger partial charge < -0.3 is 9.42 Å². The minimum absolute atomic E-state index is 0.389. The molecule has 0 bridgehead atoms. The SMILES string of the molecule is CC(C)N(C)c1ncno1. The normalized spacial score (nSPS) is 10.4. The van der Waals surface area contributed by atoms with E-state index in [4.69, 9.17) is 4.52 Å². The summed E-state index contributed by atoms with van der Waals surface area (Å²) in [6.45, 7) is 4.12. The molecular formula is C6H11N3O. The van der Waals surface area contributed by atoms with Crippen molar-refractivity contribution in [2.24, 2.45) is 0 Å². The second-order valence-corrected chi connectivity index (χ2v) is 2.43. The summed E-state index contributed by atoms with van der Waals surface area (Å²) in [4.78, 5) is 5.80. The van der Waals surface area contributed by atoms with Gasteiger partial charge in [0.05, 0.1) is 0 Å². The molecule has 10 heavy (non-hydrogen) atoms. The Kier molecular flexibility index (Phi) is 1.89. The molecule has 1 heterocycles. The fourth-order valence-corrected chi connectivity index (χ4v) is 0.544. The first-order valence-electron chi connectivity index (χ1n) is 3.21. The van der Waals surface area contributed by atoms with Crippen molar-refractivity contribution in [3.8, 4) is 0 Å². The average molecular weight is 141 g/mol. The molecule has 0 fully saturated rings. The van der Waals surface area contributed by atoms with E-state index in [1.165, 1.54) is 6.33 Å². The molecule has 4 heteroatoms. The molecular weight excluding hydrogens is 130 g/mol. The second-order valence-electron chi connectivity index (χ2n) is 2.43. The molecule has 4 nitrogen and oxygen atoms in total. The van der Waals surface area contributed by atoms with Crippen molar-refractivity contribution >= 4 is 6.01 Å². The van der Waals surface area contributed by atoms with Gasteiger partial charge in [0.2, 0.25) is 0 Å². The summed E-state index contributed by atoms with van der Waals surface area (Å²) in [7, 11) is 1.91. The van der Waals surface area contributed by atoms with Crippen molar-refractivity contribution in [2.75, 3.05) is 11.9 Å². The first kappa shape index (κ1) is 7.05. The summed E-state index contributed by atoms with van der Waals surface area (Å²) in [5.41, 5.74) is 0. The summed E-state index contributed by atoms with van der Waals surface area (Å²) in [5.74, 6) is 0. The molecule has 56 valence electrons. The van der Waals surface area contributed by atoms with Gasteiger partial charge in [0.15, 0.2) is 6.33 Å². The minimum atomic E-state index is 0.389. The van der Waals surface area contributed by atoms with Crippen LogP contribution in [0.15, 0.2) is 10.9 Å². The van der Waals surface area contributed by atoms with Crippen LogP contribution in [0.3, 0.4) is 0 Å². The second kappa shape index (κ2) is 2.68. The van der Waals surface area contributed by atoms with Gasteiger partial charge in [-0.25, -0.2) is 0 Å². The Morgan fingerprint density at radius 2 is 2.30 bits per heavy atom. The molecule has 0 aliphatic carbocycles. The maximum absolute atomic E-state index is 4.82. The van der Waals surface area contributed by atoms with E-state index in [1.807, 2.05) is 11.9 Å². The maximum atomic E-state index is 4.82. The van der Waals surface area contributed by atoms with E-state index in [9.17, 15) is 0 Å². The van der Waals surface area contributed by atoms with Crippen molar-refractivity contribution in [2.45, 2.75) is 19.9 Å². The first-order valence-corrected chi connectivity index (χ1v) is 3.21. The molecule has 0 saturated carbocycles. The lowest BCUT2D eigenvalue weighted by atomic mass is 10.4. The fourth-order valence-electron chi connectivity index (χ4n) is 0.544. The Labute approximate surface area is 59.8 Å². The van der Waals surface area contributed by atoms with E-state index < -0.39 is 0 Å². The molecule has 0 saturated heterocycles. The lowest BCUT2D eigenvalue weighted by Crippen LogP contribution is -2.25. The molecule has 0 amide bonds. The standard InChI is InChI=1S/C6H11N3O/c1-5(2)9(3)6-7-4-8-10-6/h4-5H,1-3H3. The number of rotatable bonds is 2. The van der Waals surface area contributed by atoms with E-state index >= 15 is 0 Å². The summed E-state index contributed by atoms with van der Waals surface area (Å²) in [5, 5.41) is 3.50. The average Bonchev–Trinajstić information content (AvgIpc) is 2.36. The summed E-state index contributed by atoms with van der Waals surface area (Å²) < 4.78 is 4.82. The van der Waals surface area contributed by atoms with E-state index in [-0.39, 0.29) is 0 Å². The van der Waals surface area contributed by atoms with E-state index in [0.717, 1.165) is 0 Å². The third-order valence-electron chi connectivity index (χ3n) is 1.43. The summed E-state index contributed by atoms with van der Waals surface area (Å²) in [6, 6.07) is 0.954. The predicted molar refractivity (Wildman–Crippen MR) is 37.8 cm³/mol. The zero-order valence-corrected chi connectivity index (χ0v) is 6.40. The van der Waals surface area contributed by atoms with Gasteiger partial charge in [-0.1, -0.05) is 5.16 Å². The van der Waals surface area contributed by atoms with Crippen molar-refractivity contribution in [1.82, 2.24) is 10.1 Å². The van der Waals surface area contributed by atoms with Crippen molar-refractivity contribution < 1.29 is 4.52 Å². The third kappa shape index (κ3) is 1.26. The number of anilines is 1. The van der Waals surface area contributed by atoms with Crippen molar-refractivity contribution in [3.63, 3.8) is 0 Å². The van der Waals surface area contributed by atoms with Gasteiger partial charge in [0.25, 0.3) is 0 Å². The Morgan fingerprint density at radius 3 is 2.70 bits per heavy atom. The minimum Gasteiger partial charge on any atom is -0.325 e. The lowest BCUT2D eigenvalue weighted by molar-refractivity contribution is 0.411. The summed E-state index contributed by atoms with van der Waals surface area (Å²) >= 11 is 0. The van der Waals surface area contributed by atoms with Crippen molar-refractivity contribution in [3.05, 3.63) is 6.33 Å². The topological polar surface area (TPSA) is 42.2 Å². The number of aromatic nitrogens is 2. The third-order valence-corrected chi connectivity index (χ3v) is 1.43. The van der Waals surface area contributed by atoms with Crippen LogP contribution in [0.4, 0.5) is 6.01 Å². The van der Waals surface area contributed by atoms with Crippen LogP contribution in [0.25, 0.3) is 0 Å². The molecule has 1 rings (SSSR count). The van der Waals surface area contributed by atoms with Crippen molar-refractivity contribution in [1.29, 1.82) is 0 Å². The highest BCUT2D eigenvalue weighted by molar-refractivity contribution is 5.22. The highest BCUT2D eigenvalue weighted by Crippen LogP contribution is 2.08. The van der Waals surface area contributed by atoms with Gasteiger partial charge in [0, 0.05) is 13.1 Å². The van der Waals surface area contributed by atoms with Crippen LogP contribution in [0.2, 0.25) is 0 Å². The van der Waals surface area contributed by atoms with Crippen LogP contribution in [0.1, 0.15) is 13.8 Å². The van der Waals surface area contributed by atoms with E-state index in [0.29, 0.717) is 12.1 Å². The Hall–Kier alpha value is -1.06. The van der Waals surface area contributed by atoms with Crippen LogP contribution in [0.5, 0.6) is 0 Å². The fraction of sp³-hybridized carbons (Fsp3) is 0.667. The van der Waals surface area contributed by atoms with Crippen LogP contribution >= 0.6 is 0 Å². The number of nitrogens with zero attached hydrogens (tertiary/aromatic N) is 3. The Balaban J connectivity index is 2.68. The number of hydrogen-bond acceptors (Lipinski definition) is 4. The van der Waals surface area contributed by atoms with Gasteiger partial charge in [-0.2, -0.15) is 4.98 Å². The van der Waals surface area contributed by atoms with Gasteiger partial charge in [-0.3, -0.25) is 0 Å². The van der Waals surface area contributed by atoms with E-state index in [2.05, 4.69) is 24.0 Å². The maximum Gasteiger partial charge on any atom is 0.323 e. The zero-order valence-electron chi connectivity index (χ0n) is 6.40. The smallest absolute Gasteiger partial charge is 0.323 e. The van der Waals surface area contributed by atoms with Gasteiger partial charge in [-0.05, 0) is 13.8 Å². The molecule has 0 atom stereocenters. The molecule has 1 aromatic rings. The molecule has 0 aliphatic rings. The molecule has 0 N–H and O–H groups in total. The summed E-state index contributed by atoms with van der Waals surface area (Å²) in [6.07, 6.45) is 1.40. The highest BCUT2D eigenvalue weighted by atomic mass is 16.5. The van der Waals surface area contributed by atoms with Crippen LogP contribution in [-0.2, 0) is 0 Å². The molecule has 0 radical (unpaired) electrons. The van der Waals surface area contributed by atoms with Gasteiger partial charge in [0.1, 0.15) is 0 Å². The Bertz CT molecular complexity index is 183. The molecule has 0 aromatic carbocycles. The largest absolute Gasteiger partial charge is 0.325 e. The van der Waals surface area contributed by atoms with Gasteiger partial charge >= 0.3 is 6.01 Å². The van der Waals surface area contributed by atoms with Crippen LogP contribution in [0, 0.1) is 0 Å². The van der Waals surface area contributed by atoms with Crippen LogP contribution in [-0.4, -0.2) is 23.2 Å².